The average Bonchev–Trinajstić information content (AvgIpc) is 2.34. The van der Waals surface area contributed by atoms with Crippen LogP contribution in [-0.4, -0.2) is 56.3 Å². The lowest BCUT2D eigenvalue weighted by Crippen LogP contribution is -2.17. The third kappa shape index (κ3) is 4.86. The highest BCUT2D eigenvalue weighted by Crippen LogP contribution is 2.16. The molecule has 1 aromatic rings. The minimum atomic E-state index is 0.493. The van der Waals surface area contributed by atoms with Crippen molar-refractivity contribution in [1.29, 1.82) is 0 Å². The van der Waals surface area contributed by atoms with E-state index in [-0.39, 0.29) is 0 Å². The standard InChI is InChI=1S/C11H20N4O2/c1-15(2)7-5-6-12-11-13-9(16-3)8-10(14-11)17-4/h8H,5-7H2,1-4H3,(H,12,13,14). The number of nitrogens with one attached hydrogen (secondary N) is 1. The predicted octanol–water partition coefficient (Wildman–Crippen LogP) is 0.857. The first kappa shape index (κ1) is 13.5. The van der Waals surface area contributed by atoms with Crippen molar-refractivity contribution in [3.8, 4) is 11.8 Å². The van der Waals surface area contributed by atoms with Crippen molar-refractivity contribution in [2.45, 2.75) is 6.42 Å². The molecule has 0 bridgehead atoms. The summed E-state index contributed by atoms with van der Waals surface area (Å²) in [5, 5.41) is 3.14. The molecule has 6 nitrogen and oxygen atoms in total. The highest BCUT2D eigenvalue weighted by molar-refractivity contribution is 5.33. The van der Waals surface area contributed by atoms with E-state index in [1.807, 2.05) is 14.1 Å². The van der Waals surface area contributed by atoms with Gasteiger partial charge in [0.05, 0.1) is 20.3 Å². The summed E-state index contributed by atoms with van der Waals surface area (Å²) in [6, 6.07) is 1.64. The van der Waals surface area contributed by atoms with Gasteiger partial charge in [-0.2, -0.15) is 9.97 Å². The van der Waals surface area contributed by atoms with Gasteiger partial charge in [0.15, 0.2) is 0 Å². The Labute approximate surface area is 102 Å². The zero-order valence-electron chi connectivity index (χ0n) is 10.9. The largest absolute Gasteiger partial charge is 0.481 e. The fourth-order valence-corrected chi connectivity index (χ4v) is 1.29. The maximum atomic E-state index is 5.06. The van der Waals surface area contributed by atoms with Crippen LogP contribution < -0.4 is 14.8 Å². The number of aromatic nitrogens is 2. The van der Waals surface area contributed by atoms with E-state index in [9.17, 15) is 0 Å². The molecule has 0 atom stereocenters. The van der Waals surface area contributed by atoms with Gasteiger partial charge in [-0.3, -0.25) is 0 Å². The first-order valence-corrected chi connectivity index (χ1v) is 5.51. The number of hydrogen-bond acceptors (Lipinski definition) is 6. The molecule has 0 fully saturated rings. The Morgan fingerprint density at radius 1 is 1.18 bits per heavy atom. The monoisotopic (exact) mass is 240 g/mol. The molecule has 1 aromatic heterocycles. The van der Waals surface area contributed by atoms with Crippen LogP contribution in [0.25, 0.3) is 0 Å². The fourth-order valence-electron chi connectivity index (χ4n) is 1.29. The molecule has 0 aliphatic rings. The third-order valence-corrected chi connectivity index (χ3v) is 2.16. The topological polar surface area (TPSA) is 59.5 Å². The summed E-state index contributed by atoms with van der Waals surface area (Å²) in [4.78, 5) is 10.5. The fraction of sp³-hybridized carbons (Fsp3) is 0.636. The molecule has 0 amide bonds. The molecule has 0 aliphatic heterocycles. The van der Waals surface area contributed by atoms with Crippen molar-refractivity contribution in [2.75, 3.05) is 46.7 Å². The van der Waals surface area contributed by atoms with Crippen molar-refractivity contribution in [2.24, 2.45) is 0 Å². The summed E-state index contributed by atoms with van der Waals surface area (Å²) in [6.45, 7) is 1.84. The molecule has 0 spiro atoms. The SMILES string of the molecule is COc1cc(OC)nc(NCCCN(C)C)n1. The van der Waals surface area contributed by atoms with Crippen LogP contribution >= 0.6 is 0 Å². The molecule has 96 valence electrons. The number of nitrogens with zero attached hydrogens (tertiary/aromatic N) is 3. The maximum absolute atomic E-state index is 5.06. The summed E-state index contributed by atoms with van der Waals surface area (Å²) in [5.41, 5.74) is 0. The van der Waals surface area contributed by atoms with Crippen LogP contribution in [-0.2, 0) is 0 Å². The quantitative estimate of drug-likeness (QED) is 0.713. The van der Waals surface area contributed by atoms with Crippen molar-refractivity contribution in [1.82, 2.24) is 14.9 Å². The molecule has 0 unspecified atom stereocenters. The Balaban J connectivity index is 2.51. The zero-order valence-corrected chi connectivity index (χ0v) is 10.9. The summed E-state index contributed by atoms with van der Waals surface area (Å²) < 4.78 is 10.1. The number of methoxy groups -OCH3 is 2. The van der Waals surface area contributed by atoms with E-state index >= 15 is 0 Å². The van der Waals surface area contributed by atoms with Crippen LogP contribution in [0.3, 0.4) is 0 Å². The first-order valence-electron chi connectivity index (χ1n) is 5.51. The van der Waals surface area contributed by atoms with Crippen LogP contribution in [0.2, 0.25) is 0 Å². The minimum Gasteiger partial charge on any atom is -0.481 e. The van der Waals surface area contributed by atoms with E-state index < -0.39 is 0 Å². The smallest absolute Gasteiger partial charge is 0.229 e. The van der Waals surface area contributed by atoms with Gasteiger partial charge in [0.2, 0.25) is 17.7 Å². The van der Waals surface area contributed by atoms with E-state index in [1.54, 1.807) is 20.3 Å². The van der Waals surface area contributed by atoms with Gasteiger partial charge < -0.3 is 19.7 Å². The molecule has 6 heteroatoms. The summed E-state index contributed by atoms with van der Waals surface area (Å²) in [7, 11) is 7.23. The Morgan fingerprint density at radius 2 is 1.76 bits per heavy atom. The molecule has 1 rings (SSSR count). The van der Waals surface area contributed by atoms with E-state index in [1.165, 1.54) is 0 Å². The first-order chi connectivity index (χ1) is 8.15. The Bertz CT molecular complexity index is 322. The Hall–Kier alpha value is -1.56. The molecule has 0 radical (unpaired) electrons. The second-order valence-corrected chi connectivity index (χ2v) is 3.86. The Morgan fingerprint density at radius 3 is 2.24 bits per heavy atom. The molecular formula is C11H20N4O2. The van der Waals surface area contributed by atoms with Gasteiger partial charge in [0, 0.05) is 6.54 Å². The van der Waals surface area contributed by atoms with E-state index in [0.717, 1.165) is 19.5 Å². The van der Waals surface area contributed by atoms with Crippen LogP contribution in [0.5, 0.6) is 11.8 Å². The molecule has 17 heavy (non-hydrogen) atoms. The van der Waals surface area contributed by atoms with Crippen LogP contribution in [0.15, 0.2) is 6.07 Å². The van der Waals surface area contributed by atoms with Crippen molar-refractivity contribution in [3.05, 3.63) is 6.07 Å². The highest BCUT2D eigenvalue weighted by atomic mass is 16.5. The van der Waals surface area contributed by atoms with E-state index in [4.69, 9.17) is 9.47 Å². The molecule has 1 N–H and O–H groups in total. The molecule has 0 saturated heterocycles. The van der Waals surface area contributed by atoms with Gasteiger partial charge in [-0.1, -0.05) is 0 Å². The second kappa shape index (κ2) is 6.90. The lowest BCUT2D eigenvalue weighted by molar-refractivity contribution is 0.372. The Kier molecular flexibility index (Phi) is 5.48. The van der Waals surface area contributed by atoms with Crippen LogP contribution in [0, 0.1) is 0 Å². The van der Waals surface area contributed by atoms with Gasteiger partial charge in [-0.25, -0.2) is 0 Å². The minimum absolute atomic E-state index is 0.493. The number of ether oxygens (including phenoxy) is 2. The van der Waals surface area contributed by atoms with Gasteiger partial charge in [0.25, 0.3) is 0 Å². The highest BCUT2D eigenvalue weighted by Gasteiger charge is 2.04. The summed E-state index contributed by atoms with van der Waals surface area (Å²) in [6.07, 6.45) is 1.02. The average molecular weight is 240 g/mol. The lowest BCUT2D eigenvalue weighted by Gasteiger charge is -2.10. The van der Waals surface area contributed by atoms with Crippen molar-refractivity contribution in [3.63, 3.8) is 0 Å². The summed E-state index contributed by atoms with van der Waals surface area (Å²) in [5.74, 6) is 1.51. The normalized spacial score (nSPS) is 10.4. The van der Waals surface area contributed by atoms with Gasteiger partial charge in [-0.05, 0) is 27.1 Å². The number of anilines is 1. The zero-order chi connectivity index (χ0) is 12.7. The van der Waals surface area contributed by atoms with Crippen molar-refractivity contribution >= 4 is 5.95 Å². The van der Waals surface area contributed by atoms with E-state index in [0.29, 0.717) is 17.7 Å². The molecule has 0 aliphatic carbocycles. The van der Waals surface area contributed by atoms with Gasteiger partial charge in [0.1, 0.15) is 0 Å². The van der Waals surface area contributed by atoms with Gasteiger partial charge >= 0.3 is 0 Å². The summed E-state index contributed by atoms with van der Waals surface area (Å²) >= 11 is 0. The van der Waals surface area contributed by atoms with Crippen molar-refractivity contribution < 1.29 is 9.47 Å². The molecular weight excluding hydrogens is 220 g/mol. The third-order valence-electron chi connectivity index (χ3n) is 2.16. The number of rotatable bonds is 7. The molecule has 1 heterocycles. The lowest BCUT2D eigenvalue weighted by atomic mass is 10.4. The number of hydrogen-bond donors (Lipinski definition) is 1. The van der Waals surface area contributed by atoms with E-state index in [2.05, 4.69) is 20.2 Å². The van der Waals surface area contributed by atoms with Crippen LogP contribution in [0.4, 0.5) is 5.95 Å². The van der Waals surface area contributed by atoms with Gasteiger partial charge in [-0.15, -0.1) is 0 Å². The van der Waals surface area contributed by atoms with Crippen LogP contribution in [0.1, 0.15) is 6.42 Å². The molecule has 0 aromatic carbocycles. The molecule has 0 saturated carbocycles. The predicted molar refractivity (Wildman–Crippen MR) is 66.8 cm³/mol. The second-order valence-electron chi connectivity index (χ2n) is 3.86. The maximum Gasteiger partial charge on any atom is 0.229 e.